The molecule has 9 heteroatoms. The molecule has 4 amide bonds. The first-order chi connectivity index (χ1) is 13.0. The molecular weight excluding hydrogens is 368 g/mol. The van der Waals surface area contributed by atoms with E-state index in [2.05, 4.69) is 10.6 Å². The third-order valence-corrected chi connectivity index (χ3v) is 6.81. The van der Waals surface area contributed by atoms with E-state index < -0.39 is 12.1 Å². The number of carbonyl (C=O) groups excluding carboxylic acids is 4. The van der Waals surface area contributed by atoms with Crippen LogP contribution < -0.4 is 10.6 Å². The number of amides is 4. The van der Waals surface area contributed by atoms with Crippen LogP contribution in [0.4, 0.5) is 0 Å². The lowest BCUT2D eigenvalue weighted by Gasteiger charge is -2.29. The molecule has 2 N–H and O–H groups in total. The number of nitrogens with zero attached hydrogens (tertiary/aromatic N) is 2. The van der Waals surface area contributed by atoms with E-state index in [1.807, 2.05) is 6.26 Å². The first-order valence-electron chi connectivity index (χ1n) is 9.69. The highest BCUT2D eigenvalue weighted by Crippen LogP contribution is 2.31. The number of carbonyl (C=O) groups is 4. The Morgan fingerprint density at radius 2 is 2.04 bits per heavy atom. The van der Waals surface area contributed by atoms with Gasteiger partial charge in [-0.2, -0.15) is 11.8 Å². The van der Waals surface area contributed by atoms with Gasteiger partial charge in [0.2, 0.25) is 23.6 Å². The molecule has 3 aliphatic heterocycles. The summed E-state index contributed by atoms with van der Waals surface area (Å²) in [5.74, 6) is 0.0331. The normalized spacial score (nSPS) is 33.1. The predicted molar refractivity (Wildman–Crippen MR) is 99.8 cm³/mol. The zero-order valence-corrected chi connectivity index (χ0v) is 16.3. The molecule has 4 aliphatic rings. The van der Waals surface area contributed by atoms with Crippen LogP contribution in [-0.4, -0.2) is 82.7 Å². The van der Waals surface area contributed by atoms with Crippen LogP contribution >= 0.6 is 11.8 Å². The van der Waals surface area contributed by atoms with Crippen molar-refractivity contribution >= 4 is 35.4 Å². The summed E-state index contributed by atoms with van der Waals surface area (Å²) in [4.78, 5) is 53.8. The number of rotatable bonds is 4. The Kier molecular flexibility index (Phi) is 5.05. The number of fused-ring (bicyclic) bond motifs is 2. The second kappa shape index (κ2) is 7.33. The van der Waals surface area contributed by atoms with E-state index in [9.17, 15) is 19.2 Å². The fourth-order valence-electron chi connectivity index (χ4n) is 4.61. The van der Waals surface area contributed by atoms with Gasteiger partial charge in [-0.25, -0.2) is 0 Å². The highest BCUT2D eigenvalue weighted by atomic mass is 32.2. The van der Waals surface area contributed by atoms with Gasteiger partial charge >= 0.3 is 0 Å². The fourth-order valence-corrected chi connectivity index (χ4v) is 5.02. The van der Waals surface area contributed by atoms with Crippen molar-refractivity contribution in [2.24, 2.45) is 5.92 Å². The Morgan fingerprint density at radius 3 is 2.70 bits per heavy atom. The Labute approximate surface area is 162 Å². The van der Waals surface area contributed by atoms with Gasteiger partial charge in [-0.15, -0.1) is 0 Å². The topological polar surface area (TPSA) is 98.8 Å². The lowest BCUT2D eigenvalue weighted by atomic mass is 9.84. The molecule has 0 spiro atoms. The molecule has 0 radical (unpaired) electrons. The first-order valence-corrected chi connectivity index (χ1v) is 11.1. The number of hydrogen-bond donors (Lipinski definition) is 2. The Bertz CT molecular complexity index is 668. The van der Waals surface area contributed by atoms with Gasteiger partial charge < -0.3 is 20.4 Å². The summed E-state index contributed by atoms with van der Waals surface area (Å²) in [6.45, 7) is 0.824. The molecule has 8 nitrogen and oxygen atoms in total. The van der Waals surface area contributed by atoms with E-state index in [4.69, 9.17) is 0 Å². The van der Waals surface area contributed by atoms with Crippen molar-refractivity contribution in [2.45, 2.75) is 56.3 Å². The van der Waals surface area contributed by atoms with Gasteiger partial charge in [0, 0.05) is 25.0 Å². The molecule has 0 aromatic rings. The summed E-state index contributed by atoms with van der Waals surface area (Å²) >= 11 is 1.43. The Hall–Kier alpha value is -1.77. The van der Waals surface area contributed by atoms with Crippen molar-refractivity contribution in [1.29, 1.82) is 0 Å². The van der Waals surface area contributed by atoms with Gasteiger partial charge in [0.1, 0.15) is 12.1 Å². The predicted octanol–water partition coefficient (Wildman–Crippen LogP) is -0.665. The van der Waals surface area contributed by atoms with Gasteiger partial charge in [-0.1, -0.05) is 6.42 Å². The van der Waals surface area contributed by atoms with Crippen LogP contribution in [0.3, 0.4) is 0 Å². The summed E-state index contributed by atoms with van der Waals surface area (Å²) in [7, 11) is 0. The number of nitrogens with one attached hydrogen (secondary N) is 2. The highest BCUT2D eigenvalue weighted by Gasteiger charge is 2.52. The Balaban J connectivity index is 1.48. The molecule has 1 aliphatic carbocycles. The van der Waals surface area contributed by atoms with E-state index in [-0.39, 0.29) is 41.6 Å². The van der Waals surface area contributed by atoms with Crippen LogP contribution in [0.5, 0.6) is 0 Å². The van der Waals surface area contributed by atoms with Crippen molar-refractivity contribution in [3.05, 3.63) is 0 Å². The summed E-state index contributed by atoms with van der Waals surface area (Å²) in [6, 6.07) is -1.71. The second-order valence-electron chi connectivity index (χ2n) is 7.94. The average Bonchev–Trinajstić information content (AvgIpc) is 3.15. The monoisotopic (exact) mass is 394 g/mol. The summed E-state index contributed by atoms with van der Waals surface area (Å²) < 4.78 is 0. The number of thioether (sulfide) groups is 1. The lowest BCUT2D eigenvalue weighted by molar-refractivity contribution is -0.143. The molecule has 27 heavy (non-hydrogen) atoms. The molecule has 4 rings (SSSR count). The quantitative estimate of drug-likeness (QED) is 0.659. The van der Waals surface area contributed by atoms with E-state index in [0.29, 0.717) is 31.7 Å². The molecule has 148 valence electrons. The zero-order chi connectivity index (χ0) is 19.1. The lowest BCUT2D eigenvalue weighted by Crippen LogP contribution is -2.53. The minimum atomic E-state index is -0.625. The van der Waals surface area contributed by atoms with Crippen LogP contribution in [0.15, 0.2) is 0 Å². The average molecular weight is 394 g/mol. The van der Waals surface area contributed by atoms with Crippen LogP contribution in [0.2, 0.25) is 0 Å². The number of hydrogen-bond acceptors (Lipinski definition) is 5. The maximum absolute atomic E-state index is 13.2. The van der Waals surface area contributed by atoms with Gasteiger partial charge in [0.15, 0.2) is 0 Å². The molecule has 3 saturated heterocycles. The smallest absolute Gasteiger partial charge is 0.248 e. The second-order valence-corrected chi connectivity index (χ2v) is 8.81. The van der Waals surface area contributed by atoms with Gasteiger partial charge in [0.25, 0.3) is 0 Å². The Morgan fingerprint density at radius 1 is 1.26 bits per heavy atom. The minimum absolute atomic E-state index is 0.0345. The molecular formula is C18H26N4O4S. The maximum Gasteiger partial charge on any atom is 0.248 e. The zero-order valence-electron chi connectivity index (χ0n) is 15.5. The molecule has 0 aromatic carbocycles. The molecule has 0 aromatic heterocycles. The third-order valence-electron chi connectivity index (χ3n) is 6.28. The van der Waals surface area contributed by atoms with Crippen molar-refractivity contribution in [1.82, 2.24) is 20.4 Å². The summed E-state index contributed by atoms with van der Waals surface area (Å²) in [5.41, 5.74) is 0. The van der Waals surface area contributed by atoms with Crippen LogP contribution in [0.25, 0.3) is 0 Å². The van der Waals surface area contributed by atoms with Gasteiger partial charge in [0.05, 0.1) is 11.8 Å². The largest absolute Gasteiger partial charge is 0.351 e. The first kappa shape index (κ1) is 18.6. The molecule has 1 saturated carbocycles. The summed E-state index contributed by atoms with van der Waals surface area (Å²) in [6.07, 6.45) is 5.82. The molecule has 3 heterocycles. The van der Waals surface area contributed by atoms with E-state index in [1.165, 1.54) is 11.8 Å². The third kappa shape index (κ3) is 3.30. The molecule has 4 unspecified atom stereocenters. The van der Waals surface area contributed by atoms with Crippen LogP contribution in [0.1, 0.15) is 32.1 Å². The molecule has 0 bridgehead atoms. The molecule has 4 fully saturated rings. The van der Waals surface area contributed by atoms with Crippen molar-refractivity contribution in [3.63, 3.8) is 0 Å². The standard InChI is InChI=1S/C18H26N4O4S/c1-27-9-14(23)21-6-5-12-15(21)18(26)22-8-11(7-13(22)17(25)20-12)19-16(24)10-3-2-4-10/h10-13,15H,2-9H2,1H3,(H,19,24)(H,20,25). The highest BCUT2D eigenvalue weighted by molar-refractivity contribution is 7.99. The van der Waals surface area contributed by atoms with Crippen molar-refractivity contribution in [3.8, 4) is 0 Å². The minimum Gasteiger partial charge on any atom is -0.351 e. The van der Waals surface area contributed by atoms with Crippen LogP contribution in [0, 0.1) is 5.92 Å². The van der Waals surface area contributed by atoms with Crippen molar-refractivity contribution in [2.75, 3.05) is 25.1 Å². The fraction of sp³-hybridized carbons (Fsp3) is 0.778. The van der Waals surface area contributed by atoms with Crippen LogP contribution in [-0.2, 0) is 19.2 Å². The van der Waals surface area contributed by atoms with Gasteiger partial charge in [-0.05, 0) is 31.9 Å². The van der Waals surface area contributed by atoms with E-state index in [0.717, 1.165) is 19.3 Å². The molecule has 4 atom stereocenters. The summed E-state index contributed by atoms with van der Waals surface area (Å²) in [5, 5.41) is 5.99. The van der Waals surface area contributed by atoms with E-state index >= 15 is 0 Å². The van der Waals surface area contributed by atoms with E-state index in [1.54, 1.807) is 9.80 Å². The van der Waals surface area contributed by atoms with Crippen molar-refractivity contribution < 1.29 is 19.2 Å². The maximum atomic E-state index is 13.2. The number of likely N-dealkylation sites (tertiary alicyclic amines) is 1. The van der Waals surface area contributed by atoms with Gasteiger partial charge in [-0.3, -0.25) is 19.2 Å². The SMILES string of the molecule is CSCC(=O)N1CCC2NC(=O)C3CC(NC(=O)C4CCC4)CN3C(=O)C21.